The van der Waals surface area contributed by atoms with Crippen LogP contribution < -0.4 is 10.6 Å². The molecule has 0 unspecified atom stereocenters. The molecule has 0 aliphatic rings. The third-order valence-corrected chi connectivity index (χ3v) is 2.76. The summed E-state index contributed by atoms with van der Waals surface area (Å²) < 4.78 is 49.0. The molecule has 1 amide bonds. The molecule has 0 bridgehead atoms. The van der Waals surface area contributed by atoms with E-state index in [1.807, 2.05) is 5.32 Å². The zero-order valence-electron chi connectivity index (χ0n) is 9.87. The van der Waals surface area contributed by atoms with E-state index in [1.54, 1.807) is 6.92 Å². The predicted octanol–water partition coefficient (Wildman–Crippen LogP) is 2.99. The third-order valence-electron chi connectivity index (χ3n) is 2.15. The molecule has 0 spiro atoms. The second kappa shape index (κ2) is 6.33. The Morgan fingerprint density at radius 1 is 1.37 bits per heavy atom. The van der Waals surface area contributed by atoms with Gasteiger partial charge in [-0.25, -0.2) is 4.39 Å². The number of carbonyl (C=O) groups excluding carboxylic acids is 1. The van der Waals surface area contributed by atoms with Gasteiger partial charge in [-0.1, -0.05) is 0 Å². The Kier molecular flexibility index (Phi) is 5.30. The Bertz CT molecular complexity index is 476. The number of amides is 1. The van der Waals surface area contributed by atoms with Crippen LogP contribution in [0.4, 0.5) is 23.2 Å². The first-order chi connectivity index (χ1) is 8.69. The number of hydrogen-bond acceptors (Lipinski definition) is 2. The average molecular weight is 343 g/mol. The van der Waals surface area contributed by atoms with Crippen molar-refractivity contribution in [3.05, 3.63) is 28.0 Å². The fraction of sp³-hybridized carbons (Fsp3) is 0.364. The molecule has 0 saturated carbocycles. The van der Waals surface area contributed by atoms with Crippen molar-refractivity contribution in [1.82, 2.24) is 5.32 Å². The molecule has 8 heteroatoms. The van der Waals surface area contributed by atoms with Crippen LogP contribution in [0.2, 0.25) is 0 Å². The molecule has 19 heavy (non-hydrogen) atoms. The minimum absolute atomic E-state index is 0.222. The lowest BCUT2D eigenvalue weighted by molar-refractivity contribution is -0.126. The van der Waals surface area contributed by atoms with Crippen LogP contribution in [0, 0.1) is 12.7 Å². The Balaban J connectivity index is 2.56. The van der Waals surface area contributed by atoms with E-state index in [0.29, 0.717) is 5.56 Å². The zero-order valence-corrected chi connectivity index (χ0v) is 11.5. The number of aryl methyl sites for hydroxylation is 1. The fourth-order valence-electron chi connectivity index (χ4n) is 1.29. The number of halogens is 5. The minimum atomic E-state index is -4.38. The zero-order chi connectivity index (χ0) is 14.6. The maximum absolute atomic E-state index is 13.3. The van der Waals surface area contributed by atoms with Crippen molar-refractivity contribution >= 4 is 27.5 Å². The van der Waals surface area contributed by atoms with E-state index in [4.69, 9.17) is 0 Å². The Morgan fingerprint density at radius 2 is 2.00 bits per heavy atom. The molecule has 0 aliphatic carbocycles. The van der Waals surface area contributed by atoms with Crippen LogP contribution in [0.3, 0.4) is 0 Å². The highest BCUT2D eigenvalue weighted by molar-refractivity contribution is 9.10. The van der Waals surface area contributed by atoms with Gasteiger partial charge in [0.25, 0.3) is 0 Å². The number of anilines is 1. The second-order valence-corrected chi connectivity index (χ2v) is 4.70. The van der Waals surface area contributed by atoms with E-state index in [0.717, 1.165) is 6.07 Å². The van der Waals surface area contributed by atoms with E-state index in [9.17, 15) is 22.4 Å². The lowest BCUT2D eigenvalue weighted by Gasteiger charge is -2.11. The normalized spacial score (nSPS) is 11.5. The summed E-state index contributed by atoms with van der Waals surface area (Å²) in [7, 11) is 0. The summed E-state index contributed by atoms with van der Waals surface area (Å²) in [6.45, 7) is -0.117. The molecular weight excluding hydrogens is 332 g/mol. The number of carbonyl (C=O) groups is 1. The van der Waals surface area contributed by atoms with E-state index >= 15 is 0 Å². The van der Waals surface area contributed by atoms with E-state index in [2.05, 4.69) is 21.2 Å². The highest BCUT2D eigenvalue weighted by Crippen LogP contribution is 2.23. The number of alkyl halides is 3. The van der Waals surface area contributed by atoms with Gasteiger partial charge in [-0.3, -0.25) is 4.79 Å². The van der Waals surface area contributed by atoms with E-state index < -0.39 is 31.0 Å². The number of benzene rings is 1. The summed E-state index contributed by atoms with van der Waals surface area (Å²) in [5, 5.41) is 4.29. The molecule has 0 heterocycles. The first-order valence-corrected chi connectivity index (χ1v) is 6.01. The molecule has 1 rings (SSSR count). The van der Waals surface area contributed by atoms with Crippen molar-refractivity contribution in [3.8, 4) is 0 Å². The van der Waals surface area contributed by atoms with Crippen LogP contribution in [0.15, 0.2) is 16.6 Å². The maximum Gasteiger partial charge on any atom is 0.401 e. The number of nitrogens with one attached hydrogen (secondary N) is 2. The molecule has 1 aromatic rings. The molecular formula is C11H11BrF4N2O. The fourth-order valence-corrected chi connectivity index (χ4v) is 1.75. The third kappa shape index (κ3) is 5.56. The molecule has 0 radical (unpaired) electrons. The molecule has 0 aliphatic heterocycles. The lowest BCUT2D eigenvalue weighted by atomic mass is 10.2. The Morgan fingerprint density at radius 3 is 2.58 bits per heavy atom. The predicted molar refractivity (Wildman–Crippen MR) is 66.4 cm³/mol. The molecule has 0 saturated heterocycles. The van der Waals surface area contributed by atoms with Gasteiger partial charge in [0.05, 0.1) is 17.6 Å². The topological polar surface area (TPSA) is 41.1 Å². The van der Waals surface area contributed by atoms with Crippen molar-refractivity contribution in [2.24, 2.45) is 0 Å². The first kappa shape index (κ1) is 15.9. The van der Waals surface area contributed by atoms with Crippen molar-refractivity contribution in [1.29, 1.82) is 0 Å². The molecule has 3 nitrogen and oxygen atoms in total. The van der Waals surface area contributed by atoms with Gasteiger partial charge in [-0.05, 0) is 40.5 Å². The molecule has 0 atom stereocenters. The summed E-state index contributed by atoms with van der Waals surface area (Å²) in [6, 6.07) is 2.56. The van der Waals surface area contributed by atoms with Gasteiger partial charge in [-0.15, -0.1) is 0 Å². The van der Waals surface area contributed by atoms with Crippen LogP contribution in [0.1, 0.15) is 5.56 Å². The standard InChI is InChI=1S/C11H11BrF4N2O/c1-6-2-7(12)8(13)3-9(6)18-10(19)4-17-5-11(14,15)16/h2-3,17H,4-5H2,1H3,(H,18,19). The number of rotatable bonds is 4. The summed E-state index contributed by atoms with van der Waals surface area (Å²) in [4.78, 5) is 11.4. The smallest absolute Gasteiger partial charge is 0.325 e. The van der Waals surface area contributed by atoms with Gasteiger partial charge in [0.15, 0.2) is 0 Å². The second-order valence-electron chi connectivity index (χ2n) is 3.85. The van der Waals surface area contributed by atoms with Gasteiger partial charge < -0.3 is 10.6 Å². The van der Waals surface area contributed by atoms with Crippen LogP contribution in [0.5, 0.6) is 0 Å². The quantitative estimate of drug-likeness (QED) is 0.826. The van der Waals surface area contributed by atoms with Gasteiger partial charge >= 0.3 is 6.18 Å². The highest BCUT2D eigenvalue weighted by atomic mass is 79.9. The lowest BCUT2D eigenvalue weighted by Crippen LogP contribution is -2.35. The minimum Gasteiger partial charge on any atom is -0.325 e. The maximum atomic E-state index is 13.3. The largest absolute Gasteiger partial charge is 0.401 e. The van der Waals surface area contributed by atoms with Crippen LogP contribution >= 0.6 is 15.9 Å². The molecule has 106 valence electrons. The van der Waals surface area contributed by atoms with Crippen molar-refractivity contribution in [2.45, 2.75) is 13.1 Å². The van der Waals surface area contributed by atoms with Crippen LogP contribution in [-0.4, -0.2) is 25.2 Å². The van der Waals surface area contributed by atoms with Crippen molar-refractivity contribution < 1.29 is 22.4 Å². The summed E-state index contributed by atoms with van der Waals surface area (Å²) >= 11 is 2.99. The Hall–Kier alpha value is -1.15. The van der Waals surface area contributed by atoms with Gasteiger partial charge in [-0.2, -0.15) is 13.2 Å². The summed E-state index contributed by atoms with van der Waals surface area (Å²) in [5.41, 5.74) is 0.817. The van der Waals surface area contributed by atoms with Gasteiger partial charge in [0, 0.05) is 5.69 Å². The molecule has 0 aromatic heterocycles. The van der Waals surface area contributed by atoms with Crippen molar-refractivity contribution in [2.75, 3.05) is 18.4 Å². The molecule has 0 fully saturated rings. The van der Waals surface area contributed by atoms with E-state index in [1.165, 1.54) is 6.07 Å². The van der Waals surface area contributed by atoms with Gasteiger partial charge in [0.2, 0.25) is 5.91 Å². The molecule has 1 aromatic carbocycles. The van der Waals surface area contributed by atoms with E-state index in [-0.39, 0.29) is 10.2 Å². The highest BCUT2D eigenvalue weighted by Gasteiger charge is 2.26. The Labute approximate surface area is 115 Å². The number of hydrogen-bond donors (Lipinski definition) is 2. The van der Waals surface area contributed by atoms with Crippen molar-refractivity contribution in [3.63, 3.8) is 0 Å². The molecule has 2 N–H and O–H groups in total. The summed E-state index contributed by atoms with van der Waals surface area (Å²) in [6.07, 6.45) is -4.38. The first-order valence-electron chi connectivity index (χ1n) is 5.22. The van der Waals surface area contributed by atoms with Crippen LogP contribution in [-0.2, 0) is 4.79 Å². The van der Waals surface area contributed by atoms with Crippen LogP contribution in [0.25, 0.3) is 0 Å². The SMILES string of the molecule is Cc1cc(Br)c(F)cc1NC(=O)CNCC(F)(F)F. The monoisotopic (exact) mass is 342 g/mol. The van der Waals surface area contributed by atoms with Gasteiger partial charge in [0.1, 0.15) is 5.82 Å². The average Bonchev–Trinajstić information content (AvgIpc) is 2.24. The summed E-state index contributed by atoms with van der Waals surface area (Å²) in [5.74, 6) is -1.24.